The zero-order valence-corrected chi connectivity index (χ0v) is 20.6. The molecule has 0 radical (unpaired) electrons. The van der Waals surface area contributed by atoms with Crippen LogP contribution in [0, 0.1) is 0 Å². The van der Waals surface area contributed by atoms with E-state index in [1.165, 1.54) is 22.9 Å². The van der Waals surface area contributed by atoms with E-state index in [-0.39, 0.29) is 24.5 Å². The minimum Gasteiger partial charge on any atom is -0.496 e. The number of benzene rings is 2. The number of hydrogen-bond acceptors (Lipinski definition) is 8. The summed E-state index contributed by atoms with van der Waals surface area (Å²) < 4.78 is 23.0. The van der Waals surface area contributed by atoms with E-state index in [1.54, 1.807) is 38.3 Å². The van der Waals surface area contributed by atoms with Gasteiger partial charge in [-0.1, -0.05) is 18.2 Å². The van der Waals surface area contributed by atoms with E-state index in [2.05, 4.69) is 10.3 Å². The molecule has 0 fully saturated rings. The highest BCUT2D eigenvalue weighted by molar-refractivity contribution is 6.15. The number of hydrogen-bond donors (Lipinski definition) is 1. The second-order valence-electron chi connectivity index (χ2n) is 8.80. The van der Waals surface area contributed by atoms with Gasteiger partial charge in [-0.2, -0.15) is 0 Å². The molecule has 1 atom stereocenters. The molecule has 5 rings (SSSR count). The molecular formula is C26H26N4O7. The first kappa shape index (κ1) is 24.2. The number of carbonyl (C=O) groups is 3. The molecule has 11 nitrogen and oxygen atoms in total. The number of ether oxygens (including phenoxy) is 4. The van der Waals surface area contributed by atoms with Crippen molar-refractivity contribution in [3.63, 3.8) is 0 Å². The van der Waals surface area contributed by atoms with Crippen molar-refractivity contribution < 1.29 is 33.3 Å². The quantitative estimate of drug-likeness (QED) is 0.505. The largest absolute Gasteiger partial charge is 0.496 e. The number of esters is 1. The highest BCUT2D eigenvalue weighted by atomic mass is 16.6. The fourth-order valence-electron chi connectivity index (χ4n) is 4.67. The van der Waals surface area contributed by atoms with Crippen molar-refractivity contribution in [1.29, 1.82) is 0 Å². The normalized spacial score (nSPS) is 18.1. The molecule has 1 aromatic heterocycles. The van der Waals surface area contributed by atoms with Gasteiger partial charge >= 0.3 is 5.97 Å². The molecule has 0 saturated heterocycles. The van der Waals surface area contributed by atoms with E-state index in [0.29, 0.717) is 36.1 Å². The summed E-state index contributed by atoms with van der Waals surface area (Å²) in [5, 5.41) is 2.94. The van der Waals surface area contributed by atoms with Crippen molar-refractivity contribution in [1.82, 2.24) is 14.9 Å². The molecule has 2 amide bonds. The molecule has 0 unspecified atom stereocenters. The predicted octanol–water partition coefficient (Wildman–Crippen LogP) is 2.18. The lowest BCUT2D eigenvalue weighted by molar-refractivity contribution is -0.126. The molecule has 0 bridgehead atoms. The maximum atomic E-state index is 14.0. The molecule has 3 heterocycles. The lowest BCUT2D eigenvalue weighted by atomic mass is 9.93. The number of rotatable bonds is 6. The number of para-hydroxylation sites is 1. The van der Waals surface area contributed by atoms with Gasteiger partial charge < -0.3 is 28.8 Å². The van der Waals surface area contributed by atoms with Crippen LogP contribution in [-0.2, 0) is 22.6 Å². The summed E-state index contributed by atoms with van der Waals surface area (Å²) in [4.78, 5) is 45.6. The Morgan fingerprint density at radius 3 is 2.62 bits per heavy atom. The molecule has 0 saturated carbocycles. The second kappa shape index (κ2) is 9.49. The van der Waals surface area contributed by atoms with E-state index in [1.807, 2.05) is 18.2 Å². The van der Waals surface area contributed by atoms with Crippen molar-refractivity contribution in [2.75, 3.05) is 32.3 Å². The Bertz CT molecular complexity index is 1380. The van der Waals surface area contributed by atoms with Crippen LogP contribution in [0.15, 0.2) is 48.8 Å². The molecule has 3 aromatic rings. The molecule has 0 spiro atoms. The monoisotopic (exact) mass is 506 g/mol. The highest BCUT2D eigenvalue weighted by Crippen LogP contribution is 2.39. The van der Waals surface area contributed by atoms with Gasteiger partial charge in [0.15, 0.2) is 17.2 Å². The number of amides is 2. The van der Waals surface area contributed by atoms with Crippen LogP contribution in [0.5, 0.6) is 17.2 Å². The summed E-state index contributed by atoms with van der Waals surface area (Å²) in [6.07, 6.45) is 1.37. The molecule has 0 aliphatic carbocycles. The summed E-state index contributed by atoms with van der Waals surface area (Å²) in [7, 11) is 2.78. The van der Waals surface area contributed by atoms with Crippen LogP contribution >= 0.6 is 0 Å². The summed E-state index contributed by atoms with van der Waals surface area (Å²) in [6.45, 7) is 2.68. The zero-order chi connectivity index (χ0) is 26.2. The standard InChI is InChI=1S/C26H26N4O7/c1-26(25(33)27-13-16-6-4-5-7-18(16)34-2)14-29-15-28-21(24(32)35-3)22(29)23(31)30(26)17-8-9-19-20(12-17)37-11-10-36-19/h4-9,12,15H,10-11,13-14H2,1-3H3,(H,27,33)/t26-/m0/s1. The van der Waals surface area contributed by atoms with Gasteiger partial charge in [0.1, 0.15) is 30.2 Å². The van der Waals surface area contributed by atoms with E-state index in [9.17, 15) is 14.4 Å². The summed E-state index contributed by atoms with van der Waals surface area (Å²) in [5.74, 6) is -0.0801. The Labute approximate surface area is 212 Å². The van der Waals surface area contributed by atoms with E-state index >= 15 is 0 Å². The molecule has 2 aliphatic heterocycles. The first-order valence-corrected chi connectivity index (χ1v) is 11.6. The van der Waals surface area contributed by atoms with Crippen molar-refractivity contribution in [2.24, 2.45) is 0 Å². The number of anilines is 1. The van der Waals surface area contributed by atoms with Crippen LogP contribution in [0.3, 0.4) is 0 Å². The number of methoxy groups -OCH3 is 2. The molecule has 11 heteroatoms. The number of imidazole rings is 1. The third-order valence-electron chi connectivity index (χ3n) is 6.50. The van der Waals surface area contributed by atoms with Crippen molar-refractivity contribution in [2.45, 2.75) is 25.6 Å². The molecule has 2 aliphatic rings. The van der Waals surface area contributed by atoms with E-state index in [0.717, 1.165) is 5.56 Å². The van der Waals surface area contributed by atoms with Gasteiger partial charge in [-0.25, -0.2) is 9.78 Å². The number of aromatic nitrogens is 2. The van der Waals surface area contributed by atoms with Gasteiger partial charge in [-0.3, -0.25) is 14.5 Å². The Hall–Kier alpha value is -4.54. The smallest absolute Gasteiger partial charge is 0.359 e. The number of nitrogens with zero attached hydrogens (tertiary/aromatic N) is 3. The van der Waals surface area contributed by atoms with Gasteiger partial charge in [0.2, 0.25) is 5.91 Å². The van der Waals surface area contributed by atoms with Gasteiger partial charge in [0, 0.05) is 23.9 Å². The third kappa shape index (κ3) is 4.11. The minimum atomic E-state index is -1.38. The maximum Gasteiger partial charge on any atom is 0.359 e. The molecule has 37 heavy (non-hydrogen) atoms. The fraction of sp³-hybridized carbons (Fsp3) is 0.308. The molecular weight excluding hydrogens is 480 g/mol. The van der Waals surface area contributed by atoms with Gasteiger partial charge in [-0.15, -0.1) is 0 Å². The van der Waals surface area contributed by atoms with E-state index in [4.69, 9.17) is 18.9 Å². The predicted molar refractivity (Wildman–Crippen MR) is 131 cm³/mol. The van der Waals surface area contributed by atoms with Crippen molar-refractivity contribution >= 4 is 23.5 Å². The van der Waals surface area contributed by atoms with Crippen LogP contribution in [0.4, 0.5) is 5.69 Å². The fourth-order valence-corrected chi connectivity index (χ4v) is 4.67. The Kier molecular flexibility index (Phi) is 6.20. The van der Waals surface area contributed by atoms with Crippen LogP contribution in [-0.4, -0.2) is 60.3 Å². The highest BCUT2D eigenvalue weighted by Gasteiger charge is 2.50. The Balaban J connectivity index is 1.55. The summed E-state index contributed by atoms with van der Waals surface area (Å²) in [6, 6.07) is 12.4. The number of nitrogens with one attached hydrogen (secondary N) is 1. The van der Waals surface area contributed by atoms with Crippen LogP contribution in [0.2, 0.25) is 0 Å². The first-order valence-electron chi connectivity index (χ1n) is 11.6. The Morgan fingerprint density at radius 2 is 1.86 bits per heavy atom. The van der Waals surface area contributed by atoms with Crippen LogP contribution in [0.1, 0.15) is 33.5 Å². The third-order valence-corrected chi connectivity index (χ3v) is 6.50. The topological polar surface area (TPSA) is 121 Å². The van der Waals surface area contributed by atoms with Gasteiger partial charge in [-0.05, 0) is 25.1 Å². The zero-order valence-electron chi connectivity index (χ0n) is 20.6. The first-order chi connectivity index (χ1) is 17.9. The lowest BCUT2D eigenvalue weighted by Gasteiger charge is -2.43. The number of carbonyl (C=O) groups excluding carboxylic acids is 3. The Morgan fingerprint density at radius 1 is 1.11 bits per heavy atom. The average Bonchev–Trinajstić information content (AvgIpc) is 3.35. The molecule has 1 N–H and O–H groups in total. The maximum absolute atomic E-state index is 14.0. The SMILES string of the molecule is COC(=O)c1ncn2c1C(=O)N(c1ccc3c(c1)OCCO3)[C@](C)(C(=O)NCc1ccccc1OC)C2. The number of fused-ring (bicyclic) bond motifs is 2. The van der Waals surface area contributed by atoms with Crippen molar-refractivity contribution in [3.8, 4) is 17.2 Å². The minimum absolute atomic E-state index is 0.0387. The van der Waals surface area contributed by atoms with Gasteiger partial charge in [0.05, 0.1) is 27.1 Å². The second-order valence-corrected chi connectivity index (χ2v) is 8.80. The lowest BCUT2D eigenvalue weighted by Crippen LogP contribution is -2.64. The van der Waals surface area contributed by atoms with Crippen LogP contribution in [0.25, 0.3) is 0 Å². The average molecular weight is 507 g/mol. The van der Waals surface area contributed by atoms with Crippen molar-refractivity contribution in [3.05, 3.63) is 65.7 Å². The van der Waals surface area contributed by atoms with E-state index < -0.39 is 23.3 Å². The van der Waals surface area contributed by atoms with Crippen LogP contribution < -0.4 is 24.4 Å². The summed E-state index contributed by atoms with van der Waals surface area (Å²) >= 11 is 0. The molecule has 2 aromatic carbocycles. The van der Waals surface area contributed by atoms with Gasteiger partial charge in [0.25, 0.3) is 5.91 Å². The molecule has 192 valence electrons. The summed E-state index contributed by atoms with van der Waals surface area (Å²) in [5.41, 5.74) is -0.272.